The number of hydrogen-bond acceptors (Lipinski definition) is 11. The highest BCUT2D eigenvalue weighted by Gasteiger charge is 2.20. The number of ether oxygens (including phenoxy) is 4. The lowest BCUT2D eigenvalue weighted by molar-refractivity contribution is 0.0204. The standard InChI is InChI=1S/C41H51N3O8Si/c1-27-17-33(23-44(3)14-6-13-43-22-40(47)53-41(48)35(46)24-45)38(51-25-30-8-4-7-29(18-30)21-42)20-37(27)52-26-32-9-5-10-34(28(32)2)31-11-12-36-39(19-31)50-16-15-49-36/h4-5,7-12,17-20,35,40-41,43,45-48H,6,13-16,22-26,53H2,1-3H3/t35-,40-,41+/m1/s1. The van der Waals surface area contributed by atoms with E-state index < -0.39 is 33.7 Å². The van der Waals surface area contributed by atoms with Crippen LogP contribution >= 0.6 is 0 Å². The van der Waals surface area contributed by atoms with Gasteiger partial charge in [-0.2, -0.15) is 5.26 Å². The number of benzene rings is 4. The number of fused-ring (bicyclic) bond motifs is 1. The lowest BCUT2D eigenvalue weighted by Gasteiger charge is -2.22. The van der Waals surface area contributed by atoms with E-state index in [4.69, 9.17) is 24.1 Å². The summed E-state index contributed by atoms with van der Waals surface area (Å²) < 4.78 is 24.4. The Morgan fingerprint density at radius 1 is 0.906 bits per heavy atom. The highest BCUT2D eigenvalue weighted by molar-refractivity contribution is 6.39. The zero-order chi connectivity index (χ0) is 37.7. The van der Waals surface area contributed by atoms with E-state index in [2.05, 4.69) is 47.5 Å². The number of nitriles is 1. The predicted octanol–water partition coefficient (Wildman–Crippen LogP) is 3.34. The van der Waals surface area contributed by atoms with Gasteiger partial charge in [-0.3, -0.25) is 0 Å². The summed E-state index contributed by atoms with van der Waals surface area (Å²) in [5.41, 5.74) is 6.08. The fourth-order valence-electron chi connectivity index (χ4n) is 6.31. The molecule has 0 amide bonds. The van der Waals surface area contributed by atoms with Crippen molar-refractivity contribution >= 4 is 9.52 Å². The minimum absolute atomic E-state index is 0.297. The maximum Gasteiger partial charge on any atom is 0.161 e. The molecule has 5 rings (SSSR count). The molecule has 0 radical (unpaired) electrons. The lowest BCUT2D eigenvalue weighted by atomic mass is 9.96. The summed E-state index contributed by atoms with van der Waals surface area (Å²) >= 11 is 0. The van der Waals surface area contributed by atoms with Crippen LogP contribution in [0.3, 0.4) is 0 Å². The summed E-state index contributed by atoms with van der Waals surface area (Å²) in [6, 6.07) is 25.9. The molecule has 4 aromatic carbocycles. The number of rotatable bonds is 19. The second kappa shape index (κ2) is 19.6. The fourth-order valence-corrected chi connectivity index (χ4v) is 7.70. The van der Waals surface area contributed by atoms with Crippen molar-refractivity contribution in [3.05, 3.63) is 106 Å². The summed E-state index contributed by atoms with van der Waals surface area (Å²) in [5, 5.41) is 51.2. The second-order valence-corrected chi connectivity index (χ2v) is 15.8. The van der Waals surface area contributed by atoms with Gasteiger partial charge in [0.1, 0.15) is 37.9 Å². The highest BCUT2D eigenvalue weighted by Crippen LogP contribution is 2.37. The third-order valence-electron chi connectivity index (χ3n) is 9.35. The molecule has 53 heavy (non-hydrogen) atoms. The third kappa shape index (κ3) is 11.3. The van der Waals surface area contributed by atoms with Gasteiger partial charge >= 0.3 is 0 Å². The maximum absolute atomic E-state index is 10.2. The molecule has 282 valence electrons. The molecule has 3 atom stereocenters. The van der Waals surface area contributed by atoms with Crippen LogP contribution in [0.4, 0.5) is 0 Å². The van der Waals surface area contributed by atoms with Gasteiger partial charge in [0, 0.05) is 24.7 Å². The number of nitrogens with one attached hydrogen (secondary N) is 1. The van der Waals surface area contributed by atoms with Crippen molar-refractivity contribution in [3.63, 3.8) is 0 Å². The average molecular weight is 742 g/mol. The number of aryl methyl sites for hydroxylation is 1. The van der Waals surface area contributed by atoms with Gasteiger partial charge in [-0.25, -0.2) is 0 Å². The van der Waals surface area contributed by atoms with E-state index in [9.17, 15) is 20.6 Å². The first-order valence-corrected chi connectivity index (χ1v) is 19.7. The highest BCUT2D eigenvalue weighted by atomic mass is 28.2. The zero-order valence-electron chi connectivity index (χ0n) is 30.8. The van der Waals surface area contributed by atoms with Crippen molar-refractivity contribution in [2.75, 3.05) is 46.5 Å². The molecule has 12 heteroatoms. The molecule has 4 aromatic rings. The van der Waals surface area contributed by atoms with Crippen LogP contribution in [-0.4, -0.2) is 98.9 Å². The number of hydrogen-bond donors (Lipinski definition) is 5. The van der Waals surface area contributed by atoms with Gasteiger partial charge in [-0.15, -0.1) is 0 Å². The topological polar surface area (TPSA) is 157 Å². The normalized spacial score (nSPS) is 14.2. The fraction of sp³-hybridized carbons (Fsp3) is 0.390. The van der Waals surface area contributed by atoms with Crippen molar-refractivity contribution in [2.24, 2.45) is 0 Å². The Morgan fingerprint density at radius 3 is 2.47 bits per heavy atom. The Kier molecular flexibility index (Phi) is 14.7. The quantitative estimate of drug-likeness (QED) is 0.0710. The van der Waals surface area contributed by atoms with E-state index >= 15 is 0 Å². The van der Waals surface area contributed by atoms with Crippen LogP contribution in [0.25, 0.3) is 11.1 Å². The van der Waals surface area contributed by atoms with Crippen molar-refractivity contribution in [1.29, 1.82) is 5.26 Å². The summed E-state index contributed by atoms with van der Waals surface area (Å²) in [5.74, 6) is 2.95. The Hall–Kier alpha value is -4.45. The molecule has 0 spiro atoms. The van der Waals surface area contributed by atoms with Gasteiger partial charge in [0.25, 0.3) is 0 Å². The van der Waals surface area contributed by atoms with Crippen molar-refractivity contribution in [1.82, 2.24) is 10.2 Å². The maximum atomic E-state index is 10.2. The van der Waals surface area contributed by atoms with Crippen LogP contribution < -0.4 is 24.3 Å². The summed E-state index contributed by atoms with van der Waals surface area (Å²) in [4.78, 5) is 2.21. The summed E-state index contributed by atoms with van der Waals surface area (Å²) in [6.07, 6.45) is -0.376. The van der Waals surface area contributed by atoms with Gasteiger partial charge in [0.05, 0.1) is 45.3 Å². The molecule has 0 saturated heterocycles. The molecule has 5 N–H and O–H groups in total. The molecule has 0 fully saturated rings. The Bertz CT molecular complexity index is 1850. The first kappa shape index (κ1) is 39.7. The largest absolute Gasteiger partial charge is 0.488 e. The van der Waals surface area contributed by atoms with Crippen molar-refractivity contribution in [3.8, 4) is 40.2 Å². The molecule has 0 bridgehead atoms. The van der Waals surface area contributed by atoms with E-state index in [1.165, 1.54) is 0 Å². The second-order valence-electron chi connectivity index (χ2n) is 13.6. The zero-order valence-corrected chi connectivity index (χ0v) is 32.2. The molecule has 1 aliphatic heterocycles. The Labute approximate surface area is 314 Å². The van der Waals surface area contributed by atoms with Gasteiger partial charge in [-0.05, 0) is 104 Å². The monoisotopic (exact) mass is 741 g/mol. The molecule has 0 aromatic heterocycles. The van der Waals surface area contributed by atoms with Gasteiger partial charge < -0.3 is 49.6 Å². The van der Waals surface area contributed by atoms with Crippen LogP contribution in [0.2, 0.25) is 0 Å². The SMILES string of the molecule is Cc1cc(CN(C)CCCNC[C@H](O)[SiH2][C@H](O)[C@H](O)CO)c(OCc2cccc(C#N)c2)cc1OCc1cccc(-c2ccc3c(c2)OCCO3)c1C. The lowest BCUT2D eigenvalue weighted by Crippen LogP contribution is -2.43. The van der Waals surface area contributed by atoms with E-state index in [-0.39, 0.29) is 0 Å². The van der Waals surface area contributed by atoms with E-state index in [0.29, 0.717) is 57.4 Å². The van der Waals surface area contributed by atoms with E-state index in [0.717, 1.165) is 69.2 Å². The number of nitrogens with zero attached hydrogens (tertiary/aromatic N) is 2. The van der Waals surface area contributed by atoms with Crippen LogP contribution in [0.5, 0.6) is 23.0 Å². The van der Waals surface area contributed by atoms with E-state index in [1.54, 1.807) is 6.07 Å². The molecule has 11 nitrogen and oxygen atoms in total. The number of aliphatic hydroxyl groups excluding tert-OH is 4. The van der Waals surface area contributed by atoms with Crippen molar-refractivity contribution < 1.29 is 39.4 Å². The Morgan fingerprint density at radius 2 is 1.68 bits per heavy atom. The first-order chi connectivity index (χ1) is 25.6. The van der Waals surface area contributed by atoms with Crippen molar-refractivity contribution in [2.45, 2.75) is 57.6 Å². The third-order valence-corrected chi connectivity index (χ3v) is 11.2. The number of aliphatic hydroxyl groups is 4. The molecular weight excluding hydrogens is 691 g/mol. The van der Waals surface area contributed by atoms with Crippen LogP contribution in [-0.2, 0) is 19.8 Å². The van der Waals surface area contributed by atoms with E-state index in [1.807, 2.05) is 56.4 Å². The molecule has 0 unspecified atom stereocenters. The minimum Gasteiger partial charge on any atom is -0.488 e. The van der Waals surface area contributed by atoms with Crippen LogP contribution in [0.1, 0.15) is 39.8 Å². The Balaban J connectivity index is 1.24. The first-order valence-electron chi connectivity index (χ1n) is 18.1. The van der Waals surface area contributed by atoms with Crippen LogP contribution in [0, 0.1) is 25.2 Å². The summed E-state index contributed by atoms with van der Waals surface area (Å²) in [7, 11) is 0.662. The molecule has 0 aliphatic carbocycles. The molecule has 0 saturated carbocycles. The molecular formula is C41H51N3O8Si. The van der Waals surface area contributed by atoms with Gasteiger partial charge in [-0.1, -0.05) is 36.4 Å². The smallest absolute Gasteiger partial charge is 0.161 e. The molecule has 1 aliphatic rings. The summed E-state index contributed by atoms with van der Waals surface area (Å²) in [6.45, 7) is 7.80. The van der Waals surface area contributed by atoms with Gasteiger partial charge in [0.2, 0.25) is 0 Å². The predicted molar refractivity (Wildman–Crippen MR) is 206 cm³/mol. The molecule has 1 heterocycles. The van der Waals surface area contributed by atoms with Gasteiger partial charge in [0.15, 0.2) is 11.5 Å². The minimum atomic E-state index is -1.39. The average Bonchev–Trinajstić information content (AvgIpc) is 3.17. The van der Waals surface area contributed by atoms with Crippen LogP contribution in [0.15, 0.2) is 72.8 Å².